The van der Waals surface area contributed by atoms with E-state index in [0.29, 0.717) is 24.3 Å². The Bertz CT molecular complexity index is 895. The zero-order chi connectivity index (χ0) is 20.7. The Morgan fingerprint density at radius 3 is 2.29 bits per heavy atom. The molecule has 0 aliphatic carbocycles. The molecule has 146 valence electrons. The summed E-state index contributed by atoms with van der Waals surface area (Å²) in [6.45, 7) is 5.09. The van der Waals surface area contributed by atoms with Crippen LogP contribution < -0.4 is 10.6 Å². The number of nitro groups is 1. The molecule has 2 amide bonds. The van der Waals surface area contributed by atoms with E-state index >= 15 is 0 Å². The van der Waals surface area contributed by atoms with Gasteiger partial charge >= 0.3 is 0 Å². The van der Waals surface area contributed by atoms with Crippen molar-refractivity contribution in [1.82, 2.24) is 10.2 Å². The van der Waals surface area contributed by atoms with Crippen molar-refractivity contribution >= 4 is 40.5 Å². The van der Waals surface area contributed by atoms with Gasteiger partial charge in [-0.1, -0.05) is 6.07 Å². The van der Waals surface area contributed by atoms with Crippen LogP contribution in [0.15, 0.2) is 48.5 Å². The predicted octanol–water partition coefficient (Wildman–Crippen LogP) is 3.20. The molecule has 0 unspecified atom stereocenters. The van der Waals surface area contributed by atoms with Crippen LogP contribution in [0.5, 0.6) is 0 Å². The number of thiocarbonyl (C=S) groups is 1. The number of amides is 2. The first-order valence-corrected chi connectivity index (χ1v) is 9.02. The van der Waals surface area contributed by atoms with Crippen LogP contribution in [-0.4, -0.2) is 39.8 Å². The number of nitrogens with one attached hydrogen (secondary N) is 2. The van der Waals surface area contributed by atoms with Gasteiger partial charge in [-0.15, -0.1) is 0 Å². The highest BCUT2D eigenvalue weighted by Gasteiger charge is 2.14. The van der Waals surface area contributed by atoms with Gasteiger partial charge in [-0.3, -0.25) is 25.0 Å². The molecule has 2 aromatic rings. The van der Waals surface area contributed by atoms with Crippen molar-refractivity contribution in [1.29, 1.82) is 0 Å². The number of rotatable bonds is 6. The van der Waals surface area contributed by atoms with Crippen LogP contribution in [0.2, 0.25) is 0 Å². The van der Waals surface area contributed by atoms with Crippen molar-refractivity contribution < 1.29 is 14.5 Å². The average molecular weight is 400 g/mol. The van der Waals surface area contributed by atoms with Crippen LogP contribution >= 0.6 is 12.2 Å². The van der Waals surface area contributed by atoms with E-state index in [4.69, 9.17) is 12.2 Å². The van der Waals surface area contributed by atoms with Crippen LogP contribution in [0.4, 0.5) is 11.4 Å². The van der Waals surface area contributed by atoms with Gasteiger partial charge in [0.05, 0.1) is 4.92 Å². The predicted molar refractivity (Wildman–Crippen MR) is 110 cm³/mol. The number of non-ortho nitro benzene ring substituents is 1. The first-order chi connectivity index (χ1) is 13.3. The molecule has 0 saturated carbocycles. The topological polar surface area (TPSA) is 105 Å². The van der Waals surface area contributed by atoms with Crippen LogP contribution in [-0.2, 0) is 0 Å². The van der Waals surface area contributed by atoms with Crippen LogP contribution in [0.1, 0.15) is 34.6 Å². The van der Waals surface area contributed by atoms with Gasteiger partial charge in [0.2, 0.25) is 0 Å². The van der Waals surface area contributed by atoms with E-state index in [1.807, 2.05) is 13.8 Å². The maximum Gasteiger partial charge on any atom is 0.270 e. The molecule has 0 aliphatic rings. The second-order valence-corrected chi connectivity index (χ2v) is 6.18. The van der Waals surface area contributed by atoms with Gasteiger partial charge in [0.25, 0.3) is 17.5 Å². The second-order valence-electron chi connectivity index (χ2n) is 5.77. The molecular weight excluding hydrogens is 380 g/mol. The third kappa shape index (κ3) is 5.34. The smallest absolute Gasteiger partial charge is 0.270 e. The minimum absolute atomic E-state index is 0.0410. The van der Waals surface area contributed by atoms with Crippen molar-refractivity contribution in [2.75, 3.05) is 18.4 Å². The molecule has 2 N–H and O–H groups in total. The molecule has 9 heteroatoms. The van der Waals surface area contributed by atoms with E-state index in [0.717, 1.165) is 0 Å². The SMILES string of the molecule is CCN(CC)C(=O)c1ccc(NC(=S)NC(=O)c2cccc([N+](=O)[O-])c2)cc1. The number of carbonyl (C=O) groups excluding carboxylic acids is 2. The largest absolute Gasteiger partial charge is 0.339 e. The normalized spacial score (nSPS) is 10.1. The molecule has 0 aromatic heterocycles. The summed E-state index contributed by atoms with van der Waals surface area (Å²) in [7, 11) is 0. The molecule has 2 aromatic carbocycles. The number of hydrogen-bond donors (Lipinski definition) is 2. The van der Waals surface area contributed by atoms with E-state index in [1.165, 1.54) is 24.3 Å². The van der Waals surface area contributed by atoms with E-state index in [-0.39, 0.29) is 22.3 Å². The fourth-order valence-electron chi connectivity index (χ4n) is 2.49. The van der Waals surface area contributed by atoms with E-state index in [1.54, 1.807) is 29.2 Å². The van der Waals surface area contributed by atoms with Crippen LogP contribution in [0.3, 0.4) is 0 Å². The third-order valence-electron chi connectivity index (χ3n) is 3.99. The molecule has 0 bridgehead atoms. The Morgan fingerprint density at radius 2 is 1.71 bits per heavy atom. The summed E-state index contributed by atoms with van der Waals surface area (Å²) in [5, 5.41) is 16.2. The zero-order valence-electron chi connectivity index (χ0n) is 15.5. The molecule has 0 aliphatic heterocycles. The van der Waals surface area contributed by atoms with E-state index in [9.17, 15) is 19.7 Å². The Kier molecular flexibility index (Phi) is 7.16. The molecule has 0 fully saturated rings. The van der Waals surface area contributed by atoms with Gasteiger partial charge in [-0.25, -0.2) is 0 Å². The number of anilines is 1. The Labute approximate surface area is 167 Å². The number of benzene rings is 2. The summed E-state index contributed by atoms with van der Waals surface area (Å²) in [5.41, 5.74) is 1.10. The van der Waals surface area contributed by atoms with Gasteiger partial charge < -0.3 is 10.2 Å². The monoisotopic (exact) mass is 400 g/mol. The van der Waals surface area contributed by atoms with Crippen molar-refractivity contribution in [2.24, 2.45) is 0 Å². The van der Waals surface area contributed by atoms with Gasteiger partial charge in [0.15, 0.2) is 5.11 Å². The first kappa shape index (κ1) is 21.0. The minimum atomic E-state index is -0.575. The van der Waals surface area contributed by atoms with E-state index < -0.39 is 10.8 Å². The van der Waals surface area contributed by atoms with Crippen molar-refractivity contribution in [3.63, 3.8) is 0 Å². The Morgan fingerprint density at radius 1 is 1.07 bits per heavy atom. The highest BCUT2D eigenvalue weighted by atomic mass is 32.1. The molecule has 0 heterocycles. The summed E-state index contributed by atoms with van der Waals surface area (Å²) in [6, 6.07) is 12.1. The Balaban J connectivity index is 1.99. The zero-order valence-corrected chi connectivity index (χ0v) is 16.3. The lowest BCUT2D eigenvalue weighted by molar-refractivity contribution is -0.384. The fourth-order valence-corrected chi connectivity index (χ4v) is 2.70. The number of carbonyl (C=O) groups is 2. The van der Waals surface area contributed by atoms with Crippen molar-refractivity contribution in [3.05, 3.63) is 69.8 Å². The number of nitro benzene ring substituents is 1. The summed E-state index contributed by atoms with van der Waals surface area (Å²) in [6.07, 6.45) is 0. The number of nitrogens with zero attached hydrogens (tertiary/aromatic N) is 2. The average Bonchev–Trinajstić information content (AvgIpc) is 2.69. The highest BCUT2D eigenvalue weighted by Crippen LogP contribution is 2.14. The first-order valence-electron chi connectivity index (χ1n) is 8.61. The summed E-state index contributed by atoms with van der Waals surface area (Å²) in [5.74, 6) is -0.618. The highest BCUT2D eigenvalue weighted by molar-refractivity contribution is 7.80. The molecule has 0 saturated heterocycles. The molecular formula is C19H20N4O4S. The molecule has 0 radical (unpaired) electrons. The van der Waals surface area contributed by atoms with Crippen LogP contribution in [0, 0.1) is 10.1 Å². The number of hydrogen-bond acceptors (Lipinski definition) is 5. The summed E-state index contributed by atoms with van der Waals surface area (Å²) >= 11 is 5.11. The standard InChI is InChI=1S/C19H20N4O4S/c1-3-22(4-2)18(25)13-8-10-15(11-9-13)20-19(28)21-17(24)14-6-5-7-16(12-14)23(26)27/h5-12H,3-4H2,1-2H3,(H2,20,21,24,28). The van der Waals surface area contributed by atoms with Gasteiger partial charge in [-0.2, -0.15) is 0 Å². The molecule has 0 spiro atoms. The van der Waals surface area contributed by atoms with Crippen molar-refractivity contribution in [3.8, 4) is 0 Å². The third-order valence-corrected chi connectivity index (χ3v) is 4.19. The summed E-state index contributed by atoms with van der Waals surface area (Å²) in [4.78, 5) is 36.4. The van der Waals surface area contributed by atoms with Gasteiger partial charge in [0.1, 0.15) is 0 Å². The minimum Gasteiger partial charge on any atom is -0.339 e. The summed E-state index contributed by atoms with van der Waals surface area (Å²) < 4.78 is 0. The lowest BCUT2D eigenvalue weighted by Gasteiger charge is -2.18. The van der Waals surface area contributed by atoms with Gasteiger partial charge in [0, 0.05) is 42.0 Å². The quantitative estimate of drug-likeness (QED) is 0.438. The molecule has 28 heavy (non-hydrogen) atoms. The Hall–Kier alpha value is -3.33. The van der Waals surface area contributed by atoms with Gasteiger partial charge in [-0.05, 0) is 56.4 Å². The lowest BCUT2D eigenvalue weighted by atomic mass is 10.2. The van der Waals surface area contributed by atoms with Crippen molar-refractivity contribution in [2.45, 2.75) is 13.8 Å². The molecule has 2 rings (SSSR count). The van der Waals surface area contributed by atoms with Crippen LogP contribution in [0.25, 0.3) is 0 Å². The maximum absolute atomic E-state index is 12.3. The lowest BCUT2D eigenvalue weighted by Crippen LogP contribution is -2.34. The maximum atomic E-state index is 12.3. The second kappa shape index (κ2) is 9.56. The molecule has 0 atom stereocenters. The molecule has 8 nitrogen and oxygen atoms in total. The van der Waals surface area contributed by atoms with E-state index in [2.05, 4.69) is 10.6 Å². The fraction of sp³-hybridized carbons (Fsp3) is 0.211.